The van der Waals surface area contributed by atoms with Gasteiger partial charge in [0, 0.05) is 25.0 Å². The lowest BCUT2D eigenvalue weighted by Gasteiger charge is -2.33. The van der Waals surface area contributed by atoms with E-state index in [9.17, 15) is 9.59 Å². The molecule has 0 bridgehead atoms. The van der Waals surface area contributed by atoms with Crippen molar-refractivity contribution in [3.63, 3.8) is 0 Å². The van der Waals surface area contributed by atoms with E-state index in [4.69, 9.17) is 0 Å². The Kier molecular flexibility index (Phi) is 7.46. The van der Waals surface area contributed by atoms with Gasteiger partial charge >= 0.3 is 0 Å². The average Bonchev–Trinajstić information content (AvgIpc) is 3.23. The molecule has 122 valence electrons. The highest BCUT2D eigenvalue weighted by molar-refractivity contribution is 5.85. The fourth-order valence-corrected chi connectivity index (χ4v) is 2.60. The van der Waals surface area contributed by atoms with E-state index in [-0.39, 0.29) is 36.2 Å². The van der Waals surface area contributed by atoms with E-state index in [1.807, 2.05) is 18.7 Å². The van der Waals surface area contributed by atoms with Crippen LogP contribution in [0.5, 0.6) is 0 Å². The van der Waals surface area contributed by atoms with Crippen LogP contribution in [0.3, 0.4) is 0 Å². The zero-order chi connectivity index (χ0) is 14.5. The highest BCUT2D eigenvalue weighted by atomic mass is 35.5. The van der Waals surface area contributed by atoms with Crippen molar-refractivity contribution in [3.05, 3.63) is 0 Å². The molecule has 2 aliphatic rings. The molecule has 0 aromatic heterocycles. The van der Waals surface area contributed by atoms with Gasteiger partial charge in [-0.2, -0.15) is 0 Å². The van der Waals surface area contributed by atoms with E-state index in [2.05, 4.69) is 10.6 Å². The van der Waals surface area contributed by atoms with Crippen molar-refractivity contribution in [2.45, 2.75) is 45.6 Å². The van der Waals surface area contributed by atoms with Gasteiger partial charge in [0.15, 0.2) is 0 Å². The molecule has 1 aliphatic heterocycles. The number of nitrogens with one attached hydrogen (secondary N) is 2. The molecular formula is C15H28ClN3O2. The van der Waals surface area contributed by atoms with E-state index >= 15 is 0 Å². The number of piperidine rings is 1. The number of halogens is 1. The Hall–Kier alpha value is -0.810. The summed E-state index contributed by atoms with van der Waals surface area (Å²) in [5, 5.41) is 6.26. The van der Waals surface area contributed by atoms with E-state index in [0.29, 0.717) is 6.54 Å². The summed E-state index contributed by atoms with van der Waals surface area (Å²) in [5.41, 5.74) is 0. The maximum Gasteiger partial charge on any atom is 0.234 e. The van der Waals surface area contributed by atoms with Gasteiger partial charge in [-0.3, -0.25) is 9.59 Å². The van der Waals surface area contributed by atoms with Gasteiger partial charge in [0.05, 0.1) is 6.54 Å². The van der Waals surface area contributed by atoms with Crippen LogP contribution in [-0.2, 0) is 9.59 Å². The van der Waals surface area contributed by atoms with Gasteiger partial charge in [-0.15, -0.1) is 12.4 Å². The summed E-state index contributed by atoms with van der Waals surface area (Å²) < 4.78 is 0. The fourth-order valence-electron chi connectivity index (χ4n) is 2.60. The monoisotopic (exact) mass is 317 g/mol. The summed E-state index contributed by atoms with van der Waals surface area (Å²) in [6.45, 7) is 6.77. The molecule has 2 fully saturated rings. The zero-order valence-corrected chi connectivity index (χ0v) is 13.9. The van der Waals surface area contributed by atoms with Crippen LogP contribution in [0.1, 0.15) is 39.5 Å². The molecule has 0 atom stereocenters. The number of carbonyl (C=O) groups is 2. The van der Waals surface area contributed by atoms with Crippen molar-refractivity contribution in [3.8, 4) is 0 Å². The van der Waals surface area contributed by atoms with Crippen molar-refractivity contribution in [2.75, 3.05) is 26.2 Å². The molecule has 2 amide bonds. The quantitative estimate of drug-likeness (QED) is 0.773. The largest absolute Gasteiger partial charge is 0.352 e. The molecular weight excluding hydrogens is 290 g/mol. The van der Waals surface area contributed by atoms with E-state index in [0.717, 1.165) is 38.4 Å². The average molecular weight is 318 g/mol. The molecule has 1 saturated carbocycles. The van der Waals surface area contributed by atoms with Gasteiger partial charge in [-0.1, -0.05) is 13.8 Å². The lowest BCUT2D eigenvalue weighted by molar-refractivity contribution is -0.135. The zero-order valence-electron chi connectivity index (χ0n) is 13.1. The minimum atomic E-state index is 0. The van der Waals surface area contributed by atoms with E-state index in [1.165, 1.54) is 12.8 Å². The van der Waals surface area contributed by atoms with Gasteiger partial charge in [0.1, 0.15) is 0 Å². The maximum absolute atomic E-state index is 11.9. The first-order valence-corrected chi connectivity index (χ1v) is 7.85. The molecule has 21 heavy (non-hydrogen) atoms. The number of rotatable bonds is 6. The number of carbonyl (C=O) groups excluding carboxylic acids is 2. The molecule has 1 aliphatic carbocycles. The van der Waals surface area contributed by atoms with Crippen LogP contribution in [0.4, 0.5) is 0 Å². The third kappa shape index (κ3) is 6.22. The standard InChI is InChI=1S/C15H27N3O2.ClH/c1-11(2)15(20)18-7-5-13(6-8-18)17-14(19)10-16-9-12-3-4-12;/h11-13,16H,3-10H2,1-2H3,(H,17,19);1H. The number of amides is 2. The predicted molar refractivity (Wildman–Crippen MR) is 85.4 cm³/mol. The first-order valence-electron chi connectivity index (χ1n) is 7.85. The van der Waals surface area contributed by atoms with Crippen LogP contribution < -0.4 is 10.6 Å². The van der Waals surface area contributed by atoms with E-state index < -0.39 is 0 Å². The Morgan fingerprint density at radius 1 is 1.14 bits per heavy atom. The van der Waals surface area contributed by atoms with Crippen molar-refractivity contribution in [2.24, 2.45) is 11.8 Å². The van der Waals surface area contributed by atoms with Gasteiger partial charge < -0.3 is 15.5 Å². The number of likely N-dealkylation sites (tertiary alicyclic amines) is 1. The molecule has 2 N–H and O–H groups in total. The van der Waals surface area contributed by atoms with Crippen molar-refractivity contribution in [1.29, 1.82) is 0 Å². The second kappa shape index (κ2) is 8.59. The van der Waals surface area contributed by atoms with Gasteiger partial charge in [-0.05, 0) is 38.1 Å². The van der Waals surface area contributed by atoms with Crippen LogP contribution in [0.2, 0.25) is 0 Å². The third-order valence-electron chi connectivity index (χ3n) is 4.08. The Morgan fingerprint density at radius 2 is 1.76 bits per heavy atom. The topological polar surface area (TPSA) is 61.4 Å². The van der Waals surface area contributed by atoms with Crippen molar-refractivity contribution < 1.29 is 9.59 Å². The molecule has 5 nitrogen and oxygen atoms in total. The lowest BCUT2D eigenvalue weighted by Crippen LogP contribution is -2.49. The summed E-state index contributed by atoms with van der Waals surface area (Å²) in [4.78, 5) is 25.6. The maximum atomic E-state index is 11.9. The van der Waals surface area contributed by atoms with Crippen LogP contribution in [-0.4, -0.2) is 48.9 Å². The van der Waals surface area contributed by atoms with Gasteiger partial charge in [0.2, 0.25) is 11.8 Å². The highest BCUT2D eigenvalue weighted by Crippen LogP contribution is 2.27. The second-order valence-electron chi connectivity index (χ2n) is 6.40. The van der Waals surface area contributed by atoms with Crippen molar-refractivity contribution in [1.82, 2.24) is 15.5 Å². The van der Waals surface area contributed by atoms with Gasteiger partial charge in [-0.25, -0.2) is 0 Å². The molecule has 0 aromatic carbocycles. The molecule has 0 spiro atoms. The third-order valence-corrected chi connectivity index (χ3v) is 4.08. The highest BCUT2D eigenvalue weighted by Gasteiger charge is 2.25. The summed E-state index contributed by atoms with van der Waals surface area (Å²) in [7, 11) is 0. The molecule has 1 saturated heterocycles. The second-order valence-corrected chi connectivity index (χ2v) is 6.40. The molecule has 2 rings (SSSR count). The number of nitrogens with zero attached hydrogens (tertiary/aromatic N) is 1. The summed E-state index contributed by atoms with van der Waals surface area (Å²) in [6, 6.07) is 0.224. The first kappa shape index (κ1) is 18.2. The minimum Gasteiger partial charge on any atom is -0.352 e. The predicted octanol–water partition coefficient (Wildman–Crippen LogP) is 1.17. The van der Waals surface area contributed by atoms with Crippen LogP contribution in [0.25, 0.3) is 0 Å². The minimum absolute atomic E-state index is 0. The molecule has 0 radical (unpaired) electrons. The molecule has 1 heterocycles. The normalized spacial score (nSPS) is 19.3. The lowest BCUT2D eigenvalue weighted by atomic mass is 10.0. The summed E-state index contributed by atoms with van der Waals surface area (Å²) in [6.07, 6.45) is 4.34. The Labute approximate surface area is 133 Å². The summed E-state index contributed by atoms with van der Waals surface area (Å²) in [5.74, 6) is 1.17. The van der Waals surface area contributed by atoms with Crippen LogP contribution >= 0.6 is 12.4 Å². The number of hydrogen-bond acceptors (Lipinski definition) is 3. The molecule has 0 aromatic rings. The number of hydrogen-bond donors (Lipinski definition) is 2. The van der Waals surface area contributed by atoms with Crippen LogP contribution in [0.15, 0.2) is 0 Å². The summed E-state index contributed by atoms with van der Waals surface area (Å²) >= 11 is 0. The SMILES string of the molecule is CC(C)C(=O)N1CCC(NC(=O)CNCC2CC2)CC1.Cl. The Balaban J connectivity index is 0.00000220. The Morgan fingerprint density at radius 3 is 2.29 bits per heavy atom. The first-order chi connectivity index (χ1) is 9.56. The Bertz CT molecular complexity index is 351. The molecule has 6 heteroatoms. The fraction of sp³-hybridized carbons (Fsp3) is 0.867. The van der Waals surface area contributed by atoms with Crippen LogP contribution in [0, 0.1) is 11.8 Å². The smallest absolute Gasteiger partial charge is 0.234 e. The molecule has 0 unspecified atom stereocenters. The van der Waals surface area contributed by atoms with E-state index in [1.54, 1.807) is 0 Å². The van der Waals surface area contributed by atoms with Crippen molar-refractivity contribution >= 4 is 24.2 Å². The van der Waals surface area contributed by atoms with Gasteiger partial charge in [0.25, 0.3) is 0 Å².